The molecule has 18 heavy (non-hydrogen) atoms. The molecule has 1 aliphatic rings. The van der Waals surface area contributed by atoms with Crippen molar-refractivity contribution in [2.24, 2.45) is 0 Å². The number of fused-ring (bicyclic) bond motifs is 1. The van der Waals surface area contributed by atoms with E-state index in [2.05, 4.69) is 25.3 Å². The predicted octanol–water partition coefficient (Wildman–Crippen LogP) is 3.34. The van der Waals surface area contributed by atoms with Crippen LogP contribution in [0.3, 0.4) is 0 Å². The molecule has 0 saturated carbocycles. The zero-order chi connectivity index (χ0) is 13.2. The highest BCUT2D eigenvalue weighted by Crippen LogP contribution is 2.41. The zero-order valence-corrected chi connectivity index (χ0v) is 11.1. The van der Waals surface area contributed by atoms with Crippen LogP contribution in [-0.2, 0) is 0 Å². The van der Waals surface area contributed by atoms with Gasteiger partial charge in [-0.15, -0.1) is 6.58 Å². The lowest BCUT2D eigenvalue weighted by molar-refractivity contribution is 0.0579. The Morgan fingerprint density at radius 2 is 2.17 bits per heavy atom. The molecule has 0 radical (unpaired) electrons. The second-order valence-electron chi connectivity index (χ2n) is 4.81. The average Bonchev–Trinajstić information content (AvgIpc) is 2.38. The molecule has 3 nitrogen and oxygen atoms in total. The summed E-state index contributed by atoms with van der Waals surface area (Å²) in [5, 5.41) is 9.60. The Hall–Kier alpha value is -1.64. The van der Waals surface area contributed by atoms with Gasteiger partial charge in [-0.25, -0.2) is 0 Å². The molecule has 0 unspecified atom stereocenters. The number of anilines is 1. The van der Waals surface area contributed by atoms with Crippen LogP contribution in [0.25, 0.3) is 0 Å². The summed E-state index contributed by atoms with van der Waals surface area (Å²) in [6.45, 7) is 9.76. The van der Waals surface area contributed by atoms with Crippen LogP contribution < -0.4 is 9.64 Å². The molecule has 2 rings (SSSR count). The van der Waals surface area contributed by atoms with E-state index < -0.39 is 0 Å². The second-order valence-corrected chi connectivity index (χ2v) is 4.81. The topological polar surface area (TPSA) is 32.7 Å². The van der Waals surface area contributed by atoms with Crippen molar-refractivity contribution in [2.45, 2.75) is 32.3 Å². The van der Waals surface area contributed by atoms with E-state index in [4.69, 9.17) is 4.74 Å². The highest BCUT2D eigenvalue weighted by molar-refractivity contribution is 5.63. The quantitative estimate of drug-likeness (QED) is 0.828. The van der Waals surface area contributed by atoms with Crippen molar-refractivity contribution >= 4 is 5.69 Å². The lowest BCUT2D eigenvalue weighted by Crippen LogP contribution is -2.50. The van der Waals surface area contributed by atoms with E-state index in [1.165, 1.54) is 0 Å². The largest absolute Gasteiger partial charge is 0.508 e. The lowest BCUT2D eigenvalue weighted by atomic mass is 9.94. The van der Waals surface area contributed by atoms with E-state index in [1.807, 2.05) is 12.1 Å². The first-order valence-corrected chi connectivity index (χ1v) is 6.52. The van der Waals surface area contributed by atoms with Crippen molar-refractivity contribution in [2.75, 3.05) is 18.0 Å². The number of phenols is 1. The van der Waals surface area contributed by atoms with Crippen LogP contribution in [0.5, 0.6) is 11.5 Å². The van der Waals surface area contributed by atoms with E-state index in [1.54, 1.807) is 12.1 Å². The van der Waals surface area contributed by atoms with E-state index in [0.717, 1.165) is 37.4 Å². The molecule has 1 aliphatic heterocycles. The monoisotopic (exact) mass is 247 g/mol. The summed E-state index contributed by atoms with van der Waals surface area (Å²) < 4.78 is 6.14. The number of aromatic hydroxyl groups is 1. The molecule has 0 bridgehead atoms. The molecule has 98 valence electrons. The molecule has 0 aliphatic carbocycles. The highest BCUT2D eigenvalue weighted by Gasteiger charge is 2.36. The number of hydrogen-bond donors (Lipinski definition) is 1. The molecule has 0 saturated heterocycles. The Morgan fingerprint density at radius 1 is 1.44 bits per heavy atom. The van der Waals surface area contributed by atoms with Gasteiger partial charge in [0, 0.05) is 12.6 Å². The van der Waals surface area contributed by atoms with Crippen molar-refractivity contribution in [3.63, 3.8) is 0 Å². The predicted molar refractivity (Wildman–Crippen MR) is 74.5 cm³/mol. The maximum atomic E-state index is 9.60. The van der Waals surface area contributed by atoms with Gasteiger partial charge in [-0.05, 0) is 25.0 Å². The van der Waals surface area contributed by atoms with Crippen LogP contribution in [0.1, 0.15) is 26.7 Å². The van der Waals surface area contributed by atoms with Gasteiger partial charge in [0.25, 0.3) is 0 Å². The molecule has 1 aromatic carbocycles. The minimum atomic E-state index is -0.163. The number of hydrogen-bond acceptors (Lipinski definition) is 3. The van der Waals surface area contributed by atoms with Crippen molar-refractivity contribution in [1.29, 1.82) is 0 Å². The Bertz CT molecular complexity index is 438. The third-order valence-corrected chi connectivity index (χ3v) is 3.73. The number of rotatable bonds is 4. The van der Waals surface area contributed by atoms with Crippen LogP contribution in [0.4, 0.5) is 5.69 Å². The van der Waals surface area contributed by atoms with Crippen molar-refractivity contribution < 1.29 is 9.84 Å². The summed E-state index contributed by atoms with van der Waals surface area (Å²) in [6.07, 6.45) is 3.80. The summed E-state index contributed by atoms with van der Waals surface area (Å²) in [4.78, 5) is 2.26. The Kier molecular flexibility index (Phi) is 3.50. The van der Waals surface area contributed by atoms with E-state index in [-0.39, 0.29) is 11.4 Å². The van der Waals surface area contributed by atoms with Gasteiger partial charge in [0.1, 0.15) is 17.1 Å². The molecule has 0 fully saturated rings. The average molecular weight is 247 g/mol. The molecular weight excluding hydrogens is 226 g/mol. The molecule has 0 amide bonds. The molecule has 1 N–H and O–H groups in total. The molecule has 0 aromatic heterocycles. The van der Waals surface area contributed by atoms with Crippen LogP contribution >= 0.6 is 0 Å². The fraction of sp³-hybridized carbons (Fsp3) is 0.467. The second kappa shape index (κ2) is 4.92. The smallest absolute Gasteiger partial charge is 0.147 e. The van der Waals surface area contributed by atoms with Crippen LogP contribution in [0, 0.1) is 0 Å². The van der Waals surface area contributed by atoms with E-state index in [0.29, 0.717) is 0 Å². The molecule has 0 atom stereocenters. The summed E-state index contributed by atoms with van der Waals surface area (Å²) in [6, 6.07) is 5.30. The Morgan fingerprint density at radius 3 is 2.78 bits per heavy atom. The normalized spacial score (nSPS) is 16.9. The van der Waals surface area contributed by atoms with Crippen LogP contribution in [0.15, 0.2) is 30.9 Å². The summed E-state index contributed by atoms with van der Waals surface area (Å²) in [5.74, 6) is 1.02. The Balaban J connectivity index is 2.42. The summed E-state index contributed by atoms with van der Waals surface area (Å²) >= 11 is 0. The van der Waals surface area contributed by atoms with Crippen molar-refractivity contribution in [3.8, 4) is 11.5 Å². The summed E-state index contributed by atoms with van der Waals surface area (Å²) in [5.41, 5.74) is 0.870. The highest BCUT2D eigenvalue weighted by atomic mass is 16.5. The minimum absolute atomic E-state index is 0.163. The van der Waals surface area contributed by atoms with E-state index in [9.17, 15) is 5.11 Å². The molecular formula is C15H21NO2. The van der Waals surface area contributed by atoms with Crippen LogP contribution in [-0.4, -0.2) is 23.8 Å². The minimum Gasteiger partial charge on any atom is -0.508 e. The van der Waals surface area contributed by atoms with Gasteiger partial charge in [0.05, 0.1) is 12.2 Å². The maximum absolute atomic E-state index is 9.60. The number of benzene rings is 1. The molecule has 3 heteroatoms. The van der Waals surface area contributed by atoms with Crippen molar-refractivity contribution in [3.05, 3.63) is 30.9 Å². The first-order chi connectivity index (χ1) is 8.64. The van der Waals surface area contributed by atoms with Gasteiger partial charge in [-0.1, -0.05) is 19.9 Å². The van der Waals surface area contributed by atoms with Gasteiger partial charge < -0.3 is 14.7 Å². The fourth-order valence-corrected chi connectivity index (χ4v) is 2.48. The van der Waals surface area contributed by atoms with Crippen LogP contribution in [0.2, 0.25) is 0 Å². The summed E-state index contributed by atoms with van der Waals surface area (Å²) in [7, 11) is 0. The van der Waals surface area contributed by atoms with Gasteiger partial charge >= 0.3 is 0 Å². The SMILES string of the molecule is C=CCN1CC(CC)(CC)Oc2cc(O)ccc21. The Labute approximate surface area is 109 Å². The number of ether oxygens (including phenoxy) is 1. The number of nitrogens with zero attached hydrogens (tertiary/aromatic N) is 1. The lowest BCUT2D eigenvalue weighted by Gasteiger charge is -2.43. The molecule has 1 heterocycles. The van der Waals surface area contributed by atoms with Gasteiger partial charge in [-0.2, -0.15) is 0 Å². The van der Waals surface area contributed by atoms with Gasteiger partial charge in [0.2, 0.25) is 0 Å². The zero-order valence-electron chi connectivity index (χ0n) is 11.1. The van der Waals surface area contributed by atoms with Crippen molar-refractivity contribution in [1.82, 2.24) is 0 Å². The third kappa shape index (κ3) is 2.17. The first kappa shape index (κ1) is 12.8. The van der Waals surface area contributed by atoms with Gasteiger partial charge in [0.15, 0.2) is 0 Å². The van der Waals surface area contributed by atoms with Gasteiger partial charge in [-0.3, -0.25) is 0 Å². The molecule has 0 spiro atoms. The third-order valence-electron chi connectivity index (χ3n) is 3.73. The fourth-order valence-electron chi connectivity index (χ4n) is 2.48. The standard InChI is InChI=1S/C15H21NO2/c1-4-9-16-11-15(5-2,6-3)18-14-10-12(17)7-8-13(14)16/h4,7-8,10,17H,1,5-6,9,11H2,2-3H3. The van der Waals surface area contributed by atoms with E-state index >= 15 is 0 Å². The maximum Gasteiger partial charge on any atom is 0.147 e. The first-order valence-electron chi connectivity index (χ1n) is 6.52. The number of phenolic OH excluding ortho intramolecular Hbond substituents is 1. The molecule has 1 aromatic rings.